The second-order valence-electron chi connectivity index (χ2n) is 6.29. The van der Waals surface area contributed by atoms with Crippen molar-refractivity contribution in [3.63, 3.8) is 0 Å². The average Bonchev–Trinajstić information content (AvgIpc) is 2.68. The van der Waals surface area contributed by atoms with E-state index in [1.165, 1.54) is 19.2 Å². The van der Waals surface area contributed by atoms with Gasteiger partial charge in [0.15, 0.2) is 0 Å². The maximum atomic E-state index is 13.1. The van der Waals surface area contributed by atoms with Gasteiger partial charge >= 0.3 is 0 Å². The summed E-state index contributed by atoms with van der Waals surface area (Å²) in [6.07, 6.45) is 1.57. The van der Waals surface area contributed by atoms with E-state index in [1.54, 1.807) is 37.4 Å². The van der Waals surface area contributed by atoms with Crippen LogP contribution in [0, 0.1) is 5.82 Å². The minimum Gasteiger partial charge on any atom is -0.497 e. The van der Waals surface area contributed by atoms with Gasteiger partial charge in [-0.15, -0.1) is 0 Å². The Hall–Kier alpha value is -3.15. The van der Waals surface area contributed by atoms with Crippen LogP contribution in [0.15, 0.2) is 53.5 Å². The number of hydrogen-bond acceptors (Lipinski definition) is 3. The molecule has 1 heterocycles. The standard InChI is InChI=1S/C21H21FN2O3/c1-4-24-12-18(20(25)17-11-16(27-3)9-10-19(17)24)21(26)23-13(2)14-5-7-15(22)8-6-14/h5-13H,4H2,1-3H3,(H,23,26)/t13-/m0/s1. The van der Waals surface area contributed by atoms with Crippen LogP contribution in [0.3, 0.4) is 0 Å². The van der Waals surface area contributed by atoms with Crippen molar-refractivity contribution in [2.45, 2.75) is 26.4 Å². The molecule has 0 radical (unpaired) electrons. The number of pyridine rings is 1. The number of aromatic nitrogens is 1. The van der Waals surface area contributed by atoms with Crippen LogP contribution in [0.2, 0.25) is 0 Å². The minimum atomic E-state index is -0.469. The third kappa shape index (κ3) is 3.69. The molecule has 0 bridgehead atoms. The summed E-state index contributed by atoms with van der Waals surface area (Å²) >= 11 is 0. The van der Waals surface area contributed by atoms with Gasteiger partial charge in [0.2, 0.25) is 5.43 Å². The Labute approximate surface area is 156 Å². The van der Waals surface area contributed by atoms with Crippen LogP contribution in [-0.4, -0.2) is 17.6 Å². The van der Waals surface area contributed by atoms with Crippen molar-refractivity contribution >= 4 is 16.8 Å². The second-order valence-corrected chi connectivity index (χ2v) is 6.29. The van der Waals surface area contributed by atoms with Crippen molar-refractivity contribution in [1.82, 2.24) is 9.88 Å². The summed E-state index contributed by atoms with van der Waals surface area (Å²) in [5, 5.41) is 3.24. The molecule has 0 spiro atoms. The van der Waals surface area contributed by atoms with Gasteiger partial charge in [-0.25, -0.2) is 4.39 Å². The van der Waals surface area contributed by atoms with Gasteiger partial charge in [0.1, 0.15) is 17.1 Å². The van der Waals surface area contributed by atoms with Gasteiger partial charge in [0.25, 0.3) is 5.91 Å². The number of nitrogens with zero attached hydrogens (tertiary/aromatic N) is 1. The first-order chi connectivity index (χ1) is 12.9. The molecule has 1 N–H and O–H groups in total. The molecular formula is C21H21FN2O3. The smallest absolute Gasteiger partial charge is 0.257 e. The van der Waals surface area contributed by atoms with Crippen molar-refractivity contribution in [2.75, 3.05) is 7.11 Å². The molecule has 0 aliphatic heterocycles. The maximum Gasteiger partial charge on any atom is 0.257 e. The van der Waals surface area contributed by atoms with Crippen LogP contribution in [0.4, 0.5) is 4.39 Å². The van der Waals surface area contributed by atoms with E-state index in [2.05, 4.69) is 5.32 Å². The summed E-state index contributed by atoms with van der Waals surface area (Å²) in [4.78, 5) is 25.6. The first-order valence-electron chi connectivity index (χ1n) is 8.72. The fourth-order valence-corrected chi connectivity index (χ4v) is 3.04. The molecule has 0 saturated carbocycles. The van der Waals surface area contributed by atoms with Crippen LogP contribution in [0.25, 0.3) is 10.9 Å². The number of amides is 1. The number of rotatable bonds is 5. The van der Waals surface area contributed by atoms with Gasteiger partial charge in [-0.1, -0.05) is 12.1 Å². The van der Waals surface area contributed by atoms with Crippen molar-refractivity contribution in [1.29, 1.82) is 0 Å². The number of carbonyl (C=O) groups excluding carboxylic acids is 1. The van der Waals surface area contributed by atoms with Gasteiger partial charge in [0.05, 0.1) is 24.1 Å². The molecule has 140 valence electrons. The molecule has 1 aromatic heterocycles. The van der Waals surface area contributed by atoms with Crippen LogP contribution in [-0.2, 0) is 6.54 Å². The molecule has 0 saturated heterocycles. The molecule has 27 heavy (non-hydrogen) atoms. The molecule has 1 amide bonds. The number of ether oxygens (including phenoxy) is 1. The fourth-order valence-electron chi connectivity index (χ4n) is 3.04. The van der Waals surface area contributed by atoms with E-state index in [4.69, 9.17) is 4.74 Å². The summed E-state index contributed by atoms with van der Waals surface area (Å²) in [7, 11) is 1.53. The predicted octanol–water partition coefficient (Wildman–Crippen LogP) is 3.66. The molecule has 0 unspecified atom stereocenters. The summed E-state index contributed by atoms with van der Waals surface area (Å²) in [5.74, 6) is -0.255. The zero-order valence-electron chi connectivity index (χ0n) is 15.5. The molecule has 3 aromatic rings. The largest absolute Gasteiger partial charge is 0.497 e. The number of halogens is 1. The van der Waals surface area contributed by atoms with Gasteiger partial charge in [-0.3, -0.25) is 9.59 Å². The number of carbonyl (C=O) groups is 1. The van der Waals surface area contributed by atoms with Crippen molar-refractivity contribution < 1.29 is 13.9 Å². The van der Waals surface area contributed by atoms with Gasteiger partial charge in [-0.05, 0) is 49.7 Å². The third-order valence-corrected chi connectivity index (χ3v) is 4.59. The Bertz CT molecular complexity index is 1040. The Morgan fingerprint density at radius 3 is 2.56 bits per heavy atom. The highest BCUT2D eigenvalue weighted by molar-refractivity contribution is 5.97. The van der Waals surface area contributed by atoms with E-state index in [1.807, 2.05) is 17.6 Å². The highest BCUT2D eigenvalue weighted by atomic mass is 19.1. The van der Waals surface area contributed by atoms with E-state index in [0.717, 1.165) is 11.1 Å². The SMILES string of the molecule is CCn1cc(C(=O)N[C@@H](C)c2ccc(F)cc2)c(=O)c2cc(OC)ccc21. The fraction of sp³-hybridized carbons (Fsp3) is 0.238. The van der Waals surface area contributed by atoms with E-state index < -0.39 is 5.91 Å². The normalized spacial score (nSPS) is 12.0. The monoisotopic (exact) mass is 368 g/mol. The number of hydrogen-bond donors (Lipinski definition) is 1. The molecule has 3 rings (SSSR count). The molecule has 2 aromatic carbocycles. The number of benzene rings is 2. The van der Waals surface area contributed by atoms with Crippen molar-refractivity contribution in [2.24, 2.45) is 0 Å². The average molecular weight is 368 g/mol. The quantitative estimate of drug-likeness (QED) is 0.748. The highest BCUT2D eigenvalue weighted by Gasteiger charge is 2.18. The maximum absolute atomic E-state index is 13.1. The minimum absolute atomic E-state index is 0.0616. The number of aryl methyl sites for hydroxylation is 1. The van der Waals surface area contributed by atoms with E-state index in [0.29, 0.717) is 17.7 Å². The Balaban J connectivity index is 1.99. The van der Waals surface area contributed by atoms with Crippen molar-refractivity contribution in [3.05, 3.63) is 75.8 Å². The zero-order valence-corrected chi connectivity index (χ0v) is 15.5. The lowest BCUT2D eigenvalue weighted by molar-refractivity contribution is 0.0938. The van der Waals surface area contributed by atoms with E-state index in [-0.39, 0.29) is 22.9 Å². The Morgan fingerprint density at radius 2 is 1.93 bits per heavy atom. The number of fused-ring (bicyclic) bond motifs is 1. The van der Waals surface area contributed by atoms with Gasteiger partial charge in [-0.2, -0.15) is 0 Å². The third-order valence-electron chi connectivity index (χ3n) is 4.59. The number of nitrogens with one attached hydrogen (secondary N) is 1. The lowest BCUT2D eigenvalue weighted by Gasteiger charge is -2.16. The van der Waals surface area contributed by atoms with Crippen LogP contribution >= 0.6 is 0 Å². The molecular weight excluding hydrogens is 347 g/mol. The van der Waals surface area contributed by atoms with Crippen LogP contribution in [0.1, 0.15) is 35.8 Å². The summed E-state index contributed by atoms with van der Waals surface area (Å²) < 4.78 is 20.1. The summed E-state index contributed by atoms with van der Waals surface area (Å²) in [6.45, 7) is 4.33. The predicted molar refractivity (Wildman–Crippen MR) is 103 cm³/mol. The van der Waals surface area contributed by atoms with E-state index in [9.17, 15) is 14.0 Å². The lowest BCUT2D eigenvalue weighted by atomic mass is 10.1. The molecule has 0 aliphatic carbocycles. The second kappa shape index (κ2) is 7.61. The highest BCUT2D eigenvalue weighted by Crippen LogP contribution is 2.20. The summed E-state index contributed by atoms with van der Waals surface area (Å²) in [5.41, 5.74) is 1.21. The number of methoxy groups -OCH3 is 1. The van der Waals surface area contributed by atoms with Gasteiger partial charge < -0.3 is 14.6 Å². The van der Waals surface area contributed by atoms with Gasteiger partial charge in [0, 0.05) is 12.7 Å². The molecule has 6 heteroatoms. The van der Waals surface area contributed by atoms with Crippen LogP contribution in [0.5, 0.6) is 5.75 Å². The summed E-state index contributed by atoms with van der Waals surface area (Å²) in [6, 6.07) is 10.8. The molecule has 0 aliphatic rings. The topological polar surface area (TPSA) is 60.3 Å². The molecule has 5 nitrogen and oxygen atoms in total. The van der Waals surface area contributed by atoms with E-state index >= 15 is 0 Å². The molecule has 1 atom stereocenters. The zero-order chi connectivity index (χ0) is 19.6. The van der Waals surface area contributed by atoms with Crippen LogP contribution < -0.4 is 15.5 Å². The Morgan fingerprint density at radius 1 is 1.22 bits per heavy atom. The Kier molecular flexibility index (Phi) is 5.26. The molecule has 0 fully saturated rings. The lowest BCUT2D eigenvalue weighted by Crippen LogP contribution is -2.31. The first-order valence-corrected chi connectivity index (χ1v) is 8.72. The first kappa shape index (κ1) is 18.6. The van der Waals surface area contributed by atoms with Crippen molar-refractivity contribution in [3.8, 4) is 5.75 Å².